The summed E-state index contributed by atoms with van der Waals surface area (Å²) in [5, 5.41) is 4.55. The molecule has 0 amide bonds. The topological polar surface area (TPSA) is 19.6 Å². The molecule has 0 unspecified atom stereocenters. The molecule has 0 saturated heterocycles. The zero-order chi connectivity index (χ0) is 47.3. The van der Waals surface area contributed by atoms with E-state index in [9.17, 15) is 0 Å². The molecule has 1 aromatic heterocycles. The van der Waals surface area contributed by atoms with Crippen LogP contribution in [-0.2, 0) is 10.8 Å². The van der Waals surface area contributed by atoms with Gasteiger partial charge in [0.25, 0.3) is 0 Å². The molecule has 0 radical (unpaired) electrons. The number of para-hydroxylation sites is 4. The van der Waals surface area contributed by atoms with Gasteiger partial charge in [0, 0.05) is 27.6 Å². The Hall–Kier alpha value is -8.92. The molecule has 3 heteroatoms. The first-order valence-corrected chi connectivity index (χ1v) is 24.7. The molecule has 3 heterocycles. The number of hydrogen-bond acceptors (Lipinski definition) is 3. The molecule has 0 spiro atoms. The van der Waals surface area contributed by atoms with Crippen molar-refractivity contribution in [2.75, 3.05) is 9.80 Å². The number of rotatable bonds is 6. The third-order valence-corrected chi connectivity index (χ3v) is 15.4. The Labute approximate surface area is 414 Å². The van der Waals surface area contributed by atoms with Gasteiger partial charge in [0.1, 0.15) is 11.2 Å². The summed E-state index contributed by atoms with van der Waals surface area (Å²) in [5.41, 5.74) is 19.4. The predicted octanol–water partition coefficient (Wildman–Crippen LogP) is 17.7. The van der Waals surface area contributed by atoms with Crippen molar-refractivity contribution in [3.63, 3.8) is 0 Å². The lowest BCUT2D eigenvalue weighted by Crippen LogP contribution is -2.38. The lowest BCUT2D eigenvalue weighted by Gasteiger charge is -2.47. The van der Waals surface area contributed by atoms with Crippen molar-refractivity contribution < 1.29 is 4.42 Å². The smallest absolute Gasteiger partial charge is 0.137 e. The van der Waals surface area contributed by atoms with Crippen molar-refractivity contribution in [3.05, 3.63) is 310 Å². The van der Waals surface area contributed by atoms with E-state index in [1.807, 2.05) is 0 Å². The Bertz CT molecular complexity index is 3900. The number of aryl methyl sites for hydroxylation is 2. The molecule has 0 aliphatic carbocycles. The van der Waals surface area contributed by atoms with Gasteiger partial charge in [-0.05, 0) is 124 Å². The SMILES string of the molecule is Cc1cc(N2c3ccccc3C(c3ccccc3)(c3ccccc3)c3cc4c(cc32)oc2ccccc24)c2cc(C)cc(N3c4ccccc4C(c4ccccc4)(c4ccccc4)c4ccccc43)c2c1. The second-order valence-corrected chi connectivity index (χ2v) is 19.3. The quantitative estimate of drug-likeness (QED) is 0.166. The van der Waals surface area contributed by atoms with Crippen molar-refractivity contribution in [1.82, 2.24) is 0 Å². The van der Waals surface area contributed by atoms with Crippen LogP contribution in [0.25, 0.3) is 32.7 Å². The fourth-order valence-electron chi connectivity index (χ4n) is 12.7. The van der Waals surface area contributed by atoms with Crippen LogP contribution in [0.1, 0.15) is 55.6 Å². The van der Waals surface area contributed by atoms with E-state index in [4.69, 9.17) is 4.42 Å². The molecule has 0 atom stereocenters. The fourth-order valence-corrected chi connectivity index (χ4v) is 12.7. The lowest BCUT2D eigenvalue weighted by atomic mass is 9.62. The summed E-state index contributed by atoms with van der Waals surface area (Å²) in [4.78, 5) is 5.08. The van der Waals surface area contributed by atoms with Crippen LogP contribution in [0.4, 0.5) is 34.1 Å². The molecule has 3 nitrogen and oxygen atoms in total. The molecular formula is C68H48N2O. The van der Waals surface area contributed by atoms with Gasteiger partial charge in [0.2, 0.25) is 0 Å². The van der Waals surface area contributed by atoms with Crippen LogP contribution >= 0.6 is 0 Å². The van der Waals surface area contributed by atoms with Crippen LogP contribution in [0, 0.1) is 13.8 Å². The number of fused-ring (bicyclic) bond motifs is 8. The minimum absolute atomic E-state index is 0.569. The Morgan fingerprint density at radius 1 is 0.268 bits per heavy atom. The molecule has 336 valence electrons. The maximum atomic E-state index is 6.81. The summed E-state index contributed by atoms with van der Waals surface area (Å²) in [6.07, 6.45) is 0. The second-order valence-electron chi connectivity index (χ2n) is 19.3. The summed E-state index contributed by atoms with van der Waals surface area (Å²) in [6.45, 7) is 4.50. The first kappa shape index (κ1) is 41.1. The number of furan rings is 1. The van der Waals surface area contributed by atoms with E-state index in [1.165, 1.54) is 66.4 Å². The Morgan fingerprint density at radius 2 is 0.634 bits per heavy atom. The van der Waals surface area contributed by atoms with Crippen LogP contribution < -0.4 is 9.80 Å². The highest BCUT2D eigenvalue weighted by atomic mass is 16.3. The number of hydrogen-bond donors (Lipinski definition) is 0. The lowest BCUT2D eigenvalue weighted by molar-refractivity contribution is 0.667. The standard InChI is InChI=1S/C68H48N2O/c1-45-40-53-52(62(41-45)69-59-35-19-16-32-55(59)67(47-23-7-3-8-24-47,48-25-9-4-10-26-48)56-33-17-20-36-60(56)69)39-46(2)42-63(53)70-61-37-21-18-34-57(61)68(49-27-11-5-12-28-49,50-29-13-6-14-30-50)58-43-54-51-31-15-22-38-65(51)71-66(54)44-64(58)70/h3-44H,1-2H3. The van der Waals surface area contributed by atoms with Crippen molar-refractivity contribution >= 4 is 66.8 Å². The van der Waals surface area contributed by atoms with Gasteiger partial charge in [-0.1, -0.05) is 194 Å². The van der Waals surface area contributed by atoms with Crippen molar-refractivity contribution in [2.45, 2.75) is 24.7 Å². The molecule has 0 fully saturated rings. The van der Waals surface area contributed by atoms with Crippen LogP contribution in [0.15, 0.2) is 259 Å². The average Bonchev–Trinajstić information content (AvgIpc) is 3.80. The maximum Gasteiger partial charge on any atom is 0.137 e. The van der Waals surface area contributed by atoms with E-state index >= 15 is 0 Å². The minimum Gasteiger partial charge on any atom is -0.456 e. The molecule has 0 saturated carbocycles. The van der Waals surface area contributed by atoms with Gasteiger partial charge in [-0.15, -0.1) is 0 Å². The van der Waals surface area contributed by atoms with Crippen LogP contribution in [-0.4, -0.2) is 0 Å². The first-order valence-electron chi connectivity index (χ1n) is 24.7. The molecule has 12 aromatic rings. The van der Waals surface area contributed by atoms with E-state index in [1.54, 1.807) is 0 Å². The van der Waals surface area contributed by atoms with Crippen LogP contribution in [0.3, 0.4) is 0 Å². The van der Waals surface area contributed by atoms with E-state index in [2.05, 4.69) is 278 Å². The number of anilines is 6. The second kappa shape index (κ2) is 15.8. The Morgan fingerprint density at radius 3 is 1.08 bits per heavy atom. The van der Waals surface area contributed by atoms with Gasteiger partial charge >= 0.3 is 0 Å². The molecule has 11 aromatic carbocycles. The minimum atomic E-state index is -0.663. The highest BCUT2D eigenvalue weighted by molar-refractivity contribution is 6.12. The third kappa shape index (κ3) is 5.84. The van der Waals surface area contributed by atoms with Gasteiger partial charge < -0.3 is 14.2 Å². The first-order chi connectivity index (χ1) is 35.0. The molecule has 71 heavy (non-hydrogen) atoms. The van der Waals surface area contributed by atoms with Crippen molar-refractivity contribution in [2.24, 2.45) is 0 Å². The number of nitrogens with zero attached hydrogens (tertiary/aromatic N) is 2. The average molecular weight is 909 g/mol. The maximum absolute atomic E-state index is 6.81. The fraction of sp³-hybridized carbons (Fsp3) is 0.0588. The van der Waals surface area contributed by atoms with Crippen LogP contribution in [0.5, 0.6) is 0 Å². The predicted molar refractivity (Wildman–Crippen MR) is 294 cm³/mol. The van der Waals surface area contributed by atoms with Gasteiger partial charge in [0.15, 0.2) is 0 Å². The normalized spacial score (nSPS) is 14.2. The molecular weight excluding hydrogens is 861 g/mol. The van der Waals surface area contributed by atoms with Gasteiger partial charge in [-0.3, -0.25) is 0 Å². The van der Waals surface area contributed by atoms with E-state index in [0.29, 0.717) is 0 Å². The van der Waals surface area contributed by atoms with E-state index < -0.39 is 10.8 Å². The summed E-state index contributed by atoms with van der Waals surface area (Å²) in [6, 6.07) is 94.3. The highest BCUT2D eigenvalue weighted by Gasteiger charge is 2.49. The van der Waals surface area contributed by atoms with Crippen molar-refractivity contribution in [1.29, 1.82) is 0 Å². The summed E-state index contributed by atoms with van der Waals surface area (Å²) in [7, 11) is 0. The van der Waals surface area contributed by atoms with Gasteiger partial charge in [-0.25, -0.2) is 0 Å². The summed E-state index contributed by atoms with van der Waals surface area (Å²) < 4.78 is 6.81. The highest BCUT2D eigenvalue weighted by Crippen LogP contribution is 2.62. The molecule has 2 aliphatic heterocycles. The van der Waals surface area contributed by atoms with Gasteiger partial charge in [0.05, 0.1) is 45.0 Å². The largest absolute Gasteiger partial charge is 0.456 e. The zero-order valence-electron chi connectivity index (χ0n) is 39.6. The van der Waals surface area contributed by atoms with Crippen LogP contribution in [0.2, 0.25) is 0 Å². The Kier molecular flexibility index (Phi) is 9.15. The molecule has 0 N–H and O–H groups in total. The third-order valence-electron chi connectivity index (χ3n) is 15.4. The Balaban J connectivity index is 1.07. The zero-order valence-corrected chi connectivity index (χ0v) is 39.6. The summed E-state index contributed by atoms with van der Waals surface area (Å²) >= 11 is 0. The molecule has 14 rings (SSSR count). The molecule has 2 aliphatic rings. The van der Waals surface area contributed by atoms with Gasteiger partial charge in [-0.2, -0.15) is 0 Å². The van der Waals surface area contributed by atoms with E-state index in [-0.39, 0.29) is 0 Å². The van der Waals surface area contributed by atoms with E-state index in [0.717, 1.165) is 56.1 Å². The summed E-state index contributed by atoms with van der Waals surface area (Å²) in [5.74, 6) is 0. The number of benzene rings is 11. The molecule has 0 bridgehead atoms. The van der Waals surface area contributed by atoms with Crippen molar-refractivity contribution in [3.8, 4) is 0 Å². The monoisotopic (exact) mass is 908 g/mol.